The molecule has 1 amide bonds. The number of fused-ring (bicyclic) bond motifs is 3. The van der Waals surface area contributed by atoms with Crippen LogP contribution in [0.3, 0.4) is 0 Å². The lowest BCUT2D eigenvalue weighted by molar-refractivity contribution is -0.129. The third-order valence-corrected chi connectivity index (χ3v) is 3.67. The molecular formula is C16H14N4O2. The Morgan fingerprint density at radius 1 is 1.18 bits per heavy atom. The van der Waals surface area contributed by atoms with Gasteiger partial charge in [0.05, 0.1) is 17.1 Å². The summed E-state index contributed by atoms with van der Waals surface area (Å²) in [4.78, 5) is 26.1. The van der Waals surface area contributed by atoms with Crippen LogP contribution in [0.4, 0.5) is 0 Å². The van der Waals surface area contributed by atoms with Crippen LogP contribution < -0.4 is 5.56 Å². The van der Waals surface area contributed by atoms with Crippen LogP contribution in [0.1, 0.15) is 0 Å². The lowest BCUT2D eigenvalue weighted by Gasteiger charge is -2.16. The van der Waals surface area contributed by atoms with E-state index >= 15 is 0 Å². The van der Waals surface area contributed by atoms with Gasteiger partial charge in [-0.1, -0.05) is 12.1 Å². The number of carbonyl (C=O) groups is 1. The van der Waals surface area contributed by atoms with Crippen LogP contribution in [0.5, 0.6) is 0 Å². The number of amides is 1. The number of nitrogens with zero attached hydrogens (tertiary/aromatic N) is 4. The minimum absolute atomic E-state index is 0.00110. The first-order valence-corrected chi connectivity index (χ1v) is 6.83. The number of hydrogen-bond donors (Lipinski definition) is 0. The molecule has 0 saturated carbocycles. The fraction of sp³-hybridized carbons (Fsp3) is 0.188. The first kappa shape index (κ1) is 13.9. The third kappa shape index (κ3) is 2.13. The molecule has 110 valence electrons. The molecule has 2 aromatic heterocycles. The predicted octanol–water partition coefficient (Wildman–Crippen LogP) is 1.24. The maximum absolute atomic E-state index is 12.6. The van der Waals surface area contributed by atoms with Gasteiger partial charge in [-0.3, -0.25) is 14.2 Å². The molecule has 0 spiro atoms. The molecular weight excluding hydrogens is 280 g/mol. The number of nitriles is 1. The standard InChI is InChI=1S/C16H14N4O2/c1-18(10-8-17)15(21)11-20-13-6-3-2-5-12(13)19-9-4-7-14(19)16(20)22/h2-7,9H,10-11H2,1H3. The van der Waals surface area contributed by atoms with Gasteiger partial charge >= 0.3 is 0 Å². The lowest BCUT2D eigenvalue weighted by atomic mass is 10.2. The molecule has 3 rings (SSSR count). The molecule has 0 aliphatic heterocycles. The van der Waals surface area contributed by atoms with E-state index in [1.165, 1.54) is 9.47 Å². The molecule has 0 aliphatic carbocycles. The van der Waals surface area contributed by atoms with Gasteiger partial charge in [-0.05, 0) is 24.3 Å². The Kier molecular flexibility index (Phi) is 3.39. The van der Waals surface area contributed by atoms with Gasteiger partial charge in [-0.15, -0.1) is 0 Å². The van der Waals surface area contributed by atoms with Gasteiger partial charge in [0.1, 0.15) is 18.6 Å². The van der Waals surface area contributed by atoms with Crippen molar-refractivity contribution in [1.29, 1.82) is 5.26 Å². The van der Waals surface area contributed by atoms with E-state index in [1.54, 1.807) is 19.2 Å². The van der Waals surface area contributed by atoms with Gasteiger partial charge in [-0.25, -0.2) is 0 Å². The molecule has 0 bridgehead atoms. The zero-order valence-corrected chi connectivity index (χ0v) is 12.1. The van der Waals surface area contributed by atoms with E-state index in [0.717, 1.165) is 5.52 Å². The first-order valence-electron chi connectivity index (χ1n) is 6.83. The van der Waals surface area contributed by atoms with E-state index in [1.807, 2.05) is 40.9 Å². The van der Waals surface area contributed by atoms with Gasteiger partial charge < -0.3 is 9.30 Å². The Morgan fingerprint density at radius 2 is 1.86 bits per heavy atom. The summed E-state index contributed by atoms with van der Waals surface area (Å²) in [6.45, 7) is -0.0852. The molecule has 22 heavy (non-hydrogen) atoms. The van der Waals surface area contributed by atoms with Gasteiger partial charge in [0.2, 0.25) is 5.91 Å². The number of para-hydroxylation sites is 2. The van der Waals surface area contributed by atoms with Crippen molar-refractivity contribution in [2.75, 3.05) is 13.6 Å². The topological polar surface area (TPSA) is 70.5 Å². The third-order valence-electron chi connectivity index (χ3n) is 3.67. The van der Waals surface area contributed by atoms with E-state index in [4.69, 9.17) is 5.26 Å². The van der Waals surface area contributed by atoms with Crippen molar-refractivity contribution in [3.63, 3.8) is 0 Å². The quantitative estimate of drug-likeness (QED) is 0.682. The summed E-state index contributed by atoms with van der Waals surface area (Å²) in [5.41, 5.74) is 1.85. The van der Waals surface area contributed by atoms with E-state index in [2.05, 4.69) is 0 Å². The van der Waals surface area contributed by atoms with Crippen molar-refractivity contribution in [2.24, 2.45) is 0 Å². The van der Waals surface area contributed by atoms with Crippen LogP contribution in [0.2, 0.25) is 0 Å². The maximum atomic E-state index is 12.6. The van der Waals surface area contributed by atoms with Gasteiger partial charge in [-0.2, -0.15) is 5.26 Å². The average Bonchev–Trinajstić information content (AvgIpc) is 3.01. The van der Waals surface area contributed by atoms with Crippen molar-refractivity contribution in [1.82, 2.24) is 13.9 Å². The molecule has 0 aliphatic rings. The largest absolute Gasteiger partial charge is 0.331 e. The predicted molar refractivity (Wildman–Crippen MR) is 82.4 cm³/mol. The summed E-state index contributed by atoms with van der Waals surface area (Å²) in [7, 11) is 1.55. The number of hydrogen-bond acceptors (Lipinski definition) is 3. The van der Waals surface area contributed by atoms with Crippen molar-refractivity contribution >= 4 is 22.5 Å². The monoisotopic (exact) mass is 294 g/mol. The maximum Gasteiger partial charge on any atom is 0.275 e. The van der Waals surface area contributed by atoms with E-state index < -0.39 is 0 Å². The average molecular weight is 294 g/mol. The van der Waals surface area contributed by atoms with E-state index in [9.17, 15) is 9.59 Å². The number of aromatic nitrogens is 2. The summed E-state index contributed by atoms with van der Waals surface area (Å²) in [6.07, 6.45) is 1.83. The van der Waals surface area contributed by atoms with Crippen molar-refractivity contribution in [2.45, 2.75) is 6.54 Å². The number of benzene rings is 1. The number of rotatable bonds is 3. The molecule has 6 heteroatoms. The molecule has 0 N–H and O–H groups in total. The second-order valence-electron chi connectivity index (χ2n) is 5.05. The Labute approximate surface area is 126 Å². The van der Waals surface area contributed by atoms with E-state index in [-0.39, 0.29) is 24.6 Å². The number of likely N-dealkylation sites (N-methyl/N-ethyl adjacent to an activating group) is 1. The normalized spacial score (nSPS) is 10.7. The van der Waals surface area contributed by atoms with Crippen LogP contribution in [-0.4, -0.2) is 33.4 Å². The molecule has 0 atom stereocenters. The SMILES string of the molecule is CN(CC#N)C(=O)Cn1c(=O)c2cccn2c2ccccc21. The highest BCUT2D eigenvalue weighted by atomic mass is 16.2. The van der Waals surface area contributed by atoms with E-state index in [0.29, 0.717) is 11.0 Å². The molecule has 0 fully saturated rings. The highest BCUT2D eigenvalue weighted by molar-refractivity contribution is 5.82. The fourth-order valence-corrected chi connectivity index (χ4v) is 2.52. The summed E-state index contributed by atoms with van der Waals surface area (Å²) in [5.74, 6) is -0.273. The summed E-state index contributed by atoms with van der Waals surface area (Å²) in [6, 6.07) is 12.9. The van der Waals surface area contributed by atoms with Gasteiger partial charge in [0, 0.05) is 13.2 Å². The minimum Gasteiger partial charge on any atom is -0.331 e. The summed E-state index contributed by atoms with van der Waals surface area (Å²) < 4.78 is 3.28. The number of carbonyl (C=O) groups excluding carboxylic acids is 1. The minimum atomic E-state index is -0.273. The zero-order chi connectivity index (χ0) is 15.7. The smallest absolute Gasteiger partial charge is 0.275 e. The second kappa shape index (κ2) is 5.37. The Morgan fingerprint density at radius 3 is 2.59 bits per heavy atom. The Bertz CT molecular complexity index is 962. The van der Waals surface area contributed by atoms with Crippen molar-refractivity contribution in [3.8, 4) is 6.07 Å². The highest BCUT2D eigenvalue weighted by Crippen LogP contribution is 2.15. The van der Waals surface area contributed by atoms with Gasteiger partial charge in [0.25, 0.3) is 5.56 Å². The first-order chi connectivity index (χ1) is 10.6. The Balaban J connectivity index is 2.19. The summed E-state index contributed by atoms with van der Waals surface area (Å²) >= 11 is 0. The van der Waals surface area contributed by atoms with Crippen LogP contribution in [-0.2, 0) is 11.3 Å². The van der Waals surface area contributed by atoms with Crippen LogP contribution in [0, 0.1) is 11.3 Å². The molecule has 2 heterocycles. The molecule has 0 unspecified atom stereocenters. The van der Waals surface area contributed by atoms with Crippen LogP contribution >= 0.6 is 0 Å². The lowest BCUT2D eigenvalue weighted by Crippen LogP contribution is -2.34. The zero-order valence-electron chi connectivity index (χ0n) is 12.1. The van der Waals surface area contributed by atoms with Crippen molar-refractivity contribution in [3.05, 3.63) is 52.9 Å². The second-order valence-corrected chi connectivity index (χ2v) is 5.05. The summed E-state index contributed by atoms with van der Waals surface area (Å²) in [5, 5.41) is 8.68. The molecule has 3 aromatic rings. The Hall–Kier alpha value is -3.07. The highest BCUT2D eigenvalue weighted by Gasteiger charge is 2.15. The molecule has 0 radical (unpaired) electrons. The van der Waals surface area contributed by atoms with Crippen molar-refractivity contribution < 1.29 is 4.79 Å². The van der Waals surface area contributed by atoms with Gasteiger partial charge in [0.15, 0.2) is 0 Å². The fourth-order valence-electron chi connectivity index (χ4n) is 2.52. The molecule has 0 saturated heterocycles. The molecule has 6 nitrogen and oxygen atoms in total. The van der Waals surface area contributed by atoms with Crippen LogP contribution in [0.25, 0.3) is 16.6 Å². The molecule has 1 aromatic carbocycles. The van der Waals surface area contributed by atoms with Crippen LogP contribution in [0.15, 0.2) is 47.4 Å².